The highest BCUT2D eigenvalue weighted by Crippen LogP contribution is 2.36. The molecule has 0 bridgehead atoms. The molecular formula is C15H19FN4O2S2. The Morgan fingerprint density at radius 3 is 2.71 bits per heavy atom. The van der Waals surface area contributed by atoms with Crippen molar-refractivity contribution >= 4 is 21.8 Å². The molecule has 0 saturated carbocycles. The predicted octanol–water partition coefficient (Wildman–Crippen LogP) is 2.51. The van der Waals surface area contributed by atoms with Crippen LogP contribution in [0, 0.1) is 12.7 Å². The molecule has 1 fully saturated rings. The topological polar surface area (TPSA) is 68.1 Å². The SMILES string of the molecule is CSc1nnc([C@H]2CCCN2S(=O)(=O)c2ccc(F)c(C)c2)n1C. The van der Waals surface area contributed by atoms with Crippen molar-refractivity contribution in [3.05, 3.63) is 35.4 Å². The molecule has 1 saturated heterocycles. The maximum Gasteiger partial charge on any atom is 0.243 e. The summed E-state index contributed by atoms with van der Waals surface area (Å²) in [4.78, 5) is 0.112. The lowest BCUT2D eigenvalue weighted by molar-refractivity contribution is 0.375. The van der Waals surface area contributed by atoms with Crippen molar-refractivity contribution in [3.63, 3.8) is 0 Å². The molecule has 24 heavy (non-hydrogen) atoms. The fraction of sp³-hybridized carbons (Fsp3) is 0.467. The third-order valence-corrected chi connectivity index (χ3v) is 6.91. The summed E-state index contributed by atoms with van der Waals surface area (Å²) in [5, 5.41) is 9.02. The van der Waals surface area contributed by atoms with E-state index in [9.17, 15) is 12.8 Å². The predicted molar refractivity (Wildman–Crippen MR) is 89.8 cm³/mol. The van der Waals surface area contributed by atoms with Crippen LogP contribution in [0.5, 0.6) is 0 Å². The second kappa shape index (κ2) is 6.45. The van der Waals surface area contributed by atoms with Crippen LogP contribution < -0.4 is 0 Å². The lowest BCUT2D eigenvalue weighted by Gasteiger charge is -2.23. The number of aryl methyl sites for hydroxylation is 1. The Morgan fingerprint density at radius 2 is 2.08 bits per heavy atom. The van der Waals surface area contributed by atoms with Crippen molar-refractivity contribution in [1.82, 2.24) is 19.1 Å². The van der Waals surface area contributed by atoms with Crippen molar-refractivity contribution in [2.24, 2.45) is 7.05 Å². The molecule has 6 nitrogen and oxygen atoms in total. The quantitative estimate of drug-likeness (QED) is 0.774. The molecule has 2 aromatic rings. The number of hydrogen-bond donors (Lipinski definition) is 0. The van der Waals surface area contributed by atoms with Gasteiger partial charge in [-0.2, -0.15) is 4.31 Å². The van der Waals surface area contributed by atoms with Gasteiger partial charge in [0.1, 0.15) is 5.82 Å². The Balaban J connectivity index is 2.00. The molecule has 0 spiro atoms. The summed E-state index contributed by atoms with van der Waals surface area (Å²) >= 11 is 1.46. The Hall–Kier alpha value is -1.45. The van der Waals surface area contributed by atoms with E-state index in [1.165, 1.54) is 34.3 Å². The third kappa shape index (κ3) is 2.84. The van der Waals surface area contributed by atoms with Crippen molar-refractivity contribution < 1.29 is 12.8 Å². The highest BCUT2D eigenvalue weighted by Gasteiger charge is 2.39. The van der Waals surface area contributed by atoms with Gasteiger partial charge >= 0.3 is 0 Å². The van der Waals surface area contributed by atoms with Gasteiger partial charge in [0.25, 0.3) is 0 Å². The molecule has 0 unspecified atom stereocenters. The summed E-state index contributed by atoms with van der Waals surface area (Å²) in [6.07, 6.45) is 3.35. The molecule has 0 N–H and O–H groups in total. The average Bonchev–Trinajstić information content (AvgIpc) is 3.16. The van der Waals surface area contributed by atoms with Crippen molar-refractivity contribution in [3.8, 4) is 0 Å². The first kappa shape index (κ1) is 17.4. The van der Waals surface area contributed by atoms with Gasteiger partial charge in [-0.3, -0.25) is 0 Å². The number of halogens is 1. The number of nitrogens with zero attached hydrogens (tertiary/aromatic N) is 4. The van der Waals surface area contributed by atoms with E-state index < -0.39 is 15.8 Å². The van der Waals surface area contributed by atoms with Gasteiger partial charge in [-0.05, 0) is 49.8 Å². The molecule has 3 rings (SSSR count). The van der Waals surface area contributed by atoms with Crippen LogP contribution in [-0.2, 0) is 17.1 Å². The maximum atomic E-state index is 13.5. The van der Waals surface area contributed by atoms with Gasteiger partial charge in [0.15, 0.2) is 11.0 Å². The van der Waals surface area contributed by atoms with E-state index in [0.29, 0.717) is 24.4 Å². The van der Waals surface area contributed by atoms with Crippen molar-refractivity contribution in [2.75, 3.05) is 12.8 Å². The van der Waals surface area contributed by atoms with Crippen LogP contribution in [0.3, 0.4) is 0 Å². The lowest BCUT2D eigenvalue weighted by Crippen LogP contribution is -2.32. The zero-order valence-electron chi connectivity index (χ0n) is 13.7. The maximum absolute atomic E-state index is 13.5. The Bertz CT molecular complexity index is 866. The van der Waals surface area contributed by atoms with E-state index >= 15 is 0 Å². The second-order valence-electron chi connectivity index (χ2n) is 5.79. The number of hydrogen-bond acceptors (Lipinski definition) is 5. The summed E-state index contributed by atoms with van der Waals surface area (Å²) < 4.78 is 42.8. The molecule has 1 aliphatic heterocycles. The molecule has 0 radical (unpaired) electrons. The Morgan fingerprint density at radius 1 is 1.33 bits per heavy atom. The van der Waals surface area contributed by atoms with E-state index in [2.05, 4.69) is 10.2 Å². The molecule has 1 aromatic carbocycles. The number of benzene rings is 1. The van der Waals surface area contributed by atoms with Crippen molar-refractivity contribution in [2.45, 2.75) is 35.9 Å². The molecule has 2 heterocycles. The number of sulfonamides is 1. The Kier molecular flexibility index (Phi) is 4.67. The molecule has 9 heteroatoms. The fourth-order valence-electron chi connectivity index (χ4n) is 2.99. The number of rotatable bonds is 4. The minimum atomic E-state index is -3.71. The first-order chi connectivity index (χ1) is 11.4. The van der Waals surface area contributed by atoms with Crippen LogP contribution in [0.25, 0.3) is 0 Å². The summed E-state index contributed by atoms with van der Waals surface area (Å²) in [7, 11) is -1.87. The van der Waals surface area contributed by atoms with E-state index in [4.69, 9.17) is 0 Å². The molecule has 0 aliphatic carbocycles. The highest BCUT2D eigenvalue weighted by atomic mass is 32.2. The minimum Gasteiger partial charge on any atom is -0.308 e. The first-order valence-corrected chi connectivity index (χ1v) is 10.2. The van der Waals surface area contributed by atoms with Crippen molar-refractivity contribution in [1.29, 1.82) is 0 Å². The first-order valence-electron chi connectivity index (χ1n) is 7.57. The average molecular weight is 370 g/mol. The molecule has 1 atom stereocenters. The highest BCUT2D eigenvalue weighted by molar-refractivity contribution is 7.98. The number of aromatic nitrogens is 3. The monoisotopic (exact) mass is 370 g/mol. The zero-order chi connectivity index (χ0) is 17.5. The van der Waals surface area contributed by atoms with Gasteiger partial charge in [-0.15, -0.1) is 10.2 Å². The molecule has 1 aliphatic rings. The molecular weight excluding hydrogens is 351 g/mol. The minimum absolute atomic E-state index is 0.112. The summed E-state index contributed by atoms with van der Waals surface area (Å²) in [5.41, 5.74) is 0.315. The normalized spacial score (nSPS) is 19.1. The standard InChI is InChI=1S/C15H19FN4O2S2/c1-10-9-11(6-7-12(10)16)24(21,22)20-8-4-5-13(20)14-17-18-15(23-3)19(14)2/h6-7,9,13H,4-5,8H2,1-3H3/t13-/m1/s1. The third-order valence-electron chi connectivity index (χ3n) is 4.29. The van der Waals surface area contributed by atoms with E-state index in [1.807, 2.05) is 17.9 Å². The largest absolute Gasteiger partial charge is 0.308 e. The van der Waals surface area contributed by atoms with E-state index in [1.54, 1.807) is 6.92 Å². The van der Waals surface area contributed by atoms with Gasteiger partial charge in [0.05, 0.1) is 10.9 Å². The summed E-state index contributed by atoms with van der Waals surface area (Å²) in [6.45, 7) is 1.98. The van der Waals surface area contributed by atoms with Crippen LogP contribution in [-0.4, -0.2) is 40.3 Å². The zero-order valence-corrected chi connectivity index (χ0v) is 15.4. The van der Waals surface area contributed by atoms with Gasteiger partial charge in [0, 0.05) is 13.6 Å². The van der Waals surface area contributed by atoms with Crippen LogP contribution in [0.15, 0.2) is 28.3 Å². The van der Waals surface area contributed by atoms with Gasteiger partial charge < -0.3 is 4.57 Å². The molecule has 0 amide bonds. The number of thioether (sulfide) groups is 1. The van der Waals surface area contributed by atoms with Gasteiger partial charge in [0.2, 0.25) is 10.0 Å². The van der Waals surface area contributed by atoms with Gasteiger partial charge in [-0.25, -0.2) is 12.8 Å². The van der Waals surface area contributed by atoms with Crippen LogP contribution in [0.4, 0.5) is 4.39 Å². The van der Waals surface area contributed by atoms with Crippen LogP contribution in [0.2, 0.25) is 0 Å². The van der Waals surface area contributed by atoms with Gasteiger partial charge in [-0.1, -0.05) is 11.8 Å². The summed E-state index contributed by atoms with van der Waals surface area (Å²) in [6, 6.07) is 3.54. The fourth-order valence-corrected chi connectivity index (χ4v) is 5.22. The second-order valence-corrected chi connectivity index (χ2v) is 8.45. The molecule has 1 aromatic heterocycles. The lowest BCUT2D eigenvalue weighted by atomic mass is 10.2. The van der Waals surface area contributed by atoms with E-state index in [0.717, 1.165) is 11.6 Å². The van der Waals surface area contributed by atoms with E-state index in [-0.39, 0.29) is 10.9 Å². The van der Waals surface area contributed by atoms with Crippen LogP contribution in [0.1, 0.15) is 30.3 Å². The smallest absolute Gasteiger partial charge is 0.243 e. The van der Waals surface area contributed by atoms with Crippen LogP contribution >= 0.6 is 11.8 Å². The summed E-state index contributed by atoms with van der Waals surface area (Å²) in [5.74, 6) is 0.226. The molecule has 130 valence electrons. The Labute approximate surface area is 145 Å².